The van der Waals surface area contributed by atoms with Crippen LogP contribution in [0, 0.1) is 0 Å². The maximum absolute atomic E-state index is 5.49. The highest BCUT2D eigenvalue weighted by Gasteiger charge is 2.06. The van der Waals surface area contributed by atoms with Crippen molar-refractivity contribution in [1.82, 2.24) is 10.0 Å². The van der Waals surface area contributed by atoms with Gasteiger partial charge in [-0.05, 0) is 17.2 Å². The van der Waals surface area contributed by atoms with Gasteiger partial charge in [0.2, 0.25) is 0 Å². The van der Waals surface area contributed by atoms with Gasteiger partial charge in [0.05, 0.1) is 12.4 Å². The highest BCUT2D eigenvalue weighted by molar-refractivity contribution is 7.80. The molecule has 4 nitrogen and oxygen atoms in total. The lowest BCUT2D eigenvalue weighted by Gasteiger charge is -2.14. The average molecular weight is 431 g/mol. The first-order chi connectivity index (χ1) is 14.5. The molecule has 0 aliphatic heterocycles. The Labute approximate surface area is 188 Å². The van der Waals surface area contributed by atoms with Gasteiger partial charge in [-0.1, -0.05) is 103 Å². The van der Waals surface area contributed by atoms with Gasteiger partial charge in [-0.2, -0.15) is 10.2 Å². The van der Waals surface area contributed by atoms with Crippen molar-refractivity contribution in [2.75, 3.05) is 14.1 Å². The quantitative estimate of drug-likeness (QED) is 0.314. The molecule has 0 saturated carbocycles. The highest BCUT2D eigenvalue weighted by Crippen LogP contribution is 2.08. The molecule has 0 bridgehead atoms. The second-order valence-corrected chi connectivity index (χ2v) is 7.32. The smallest absolute Gasteiger partial charge is 0.129 e. The molecule has 3 aromatic rings. The van der Waals surface area contributed by atoms with E-state index in [1.54, 1.807) is 22.4 Å². The second kappa shape index (κ2) is 10.5. The van der Waals surface area contributed by atoms with Crippen molar-refractivity contribution in [1.29, 1.82) is 0 Å². The van der Waals surface area contributed by atoms with Crippen molar-refractivity contribution in [2.24, 2.45) is 10.2 Å². The second-order valence-electron chi connectivity index (χ2n) is 6.55. The Morgan fingerprint density at radius 3 is 1.43 bits per heavy atom. The van der Waals surface area contributed by atoms with Gasteiger partial charge in [0.25, 0.3) is 0 Å². The molecule has 0 atom stereocenters. The van der Waals surface area contributed by atoms with Crippen molar-refractivity contribution in [3.05, 3.63) is 107 Å². The number of hydrazone groups is 2. The maximum Gasteiger partial charge on any atom is 0.129 e. The third-order valence-corrected chi connectivity index (χ3v) is 5.30. The van der Waals surface area contributed by atoms with Crippen molar-refractivity contribution in [2.45, 2.75) is 0 Å². The fourth-order valence-electron chi connectivity index (χ4n) is 2.67. The van der Waals surface area contributed by atoms with Crippen LogP contribution in [0.15, 0.2) is 95.1 Å². The van der Waals surface area contributed by atoms with E-state index in [0.29, 0.717) is 9.98 Å². The first kappa shape index (κ1) is 21.5. The average Bonchev–Trinajstić information content (AvgIpc) is 2.81. The van der Waals surface area contributed by atoms with Gasteiger partial charge in [0.1, 0.15) is 9.98 Å². The van der Waals surface area contributed by atoms with Crippen LogP contribution in [0.3, 0.4) is 0 Å². The summed E-state index contributed by atoms with van der Waals surface area (Å²) in [5, 5.41) is 12.3. The van der Waals surface area contributed by atoms with Crippen molar-refractivity contribution >= 4 is 46.8 Å². The van der Waals surface area contributed by atoms with Crippen LogP contribution in [-0.4, -0.2) is 46.5 Å². The van der Waals surface area contributed by atoms with Gasteiger partial charge >= 0.3 is 0 Å². The molecule has 0 radical (unpaired) electrons. The summed E-state index contributed by atoms with van der Waals surface area (Å²) in [7, 11) is 3.69. The Morgan fingerprint density at radius 2 is 1.03 bits per heavy atom. The molecule has 0 amide bonds. The minimum Gasteiger partial charge on any atom is -0.257 e. The van der Waals surface area contributed by atoms with Crippen molar-refractivity contribution in [3.8, 4) is 0 Å². The van der Waals surface area contributed by atoms with Gasteiger partial charge in [-0.3, -0.25) is 10.0 Å². The first-order valence-corrected chi connectivity index (χ1v) is 10.2. The minimum atomic E-state index is 0.667. The largest absolute Gasteiger partial charge is 0.257 e. The van der Waals surface area contributed by atoms with Gasteiger partial charge < -0.3 is 0 Å². The molecule has 150 valence electrons. The van der Waals surface area contributed by atoms with E-state index < -0.39 is 0 Å². The summed E-state index contributed by atoms with van der Waals surface area (Å²) in [5.74, 6) is 0. The SMILES string of the molecule is CN(/N=C/c1cccc(/C=N/N(C)C(=S)c2ccccc2)c1)C(=S)c1ccccc1. The van der Waals surface area contributed by atoms with Crippen LogP contribution in [0.1, 0.15) is 22.3 Å². The normalized spacial score (nSPS) is 11.0. The molecule has 6 heteroatoms. The van der Waals surface area contributed by atoms with Crippen LogP contribution < -0.4 is 0 Å². The van der Waals surface area contributed by atoms with Gasteiger partial charge in [-0.15, -0.1) is 0 Å². The number of benzene rings is 3. The standard InChI is InChI=1S/C24H22N4S2/c1-27(23(29)21-12-5-3-6-13-21)25-17-19-10-9-11-20(16-19)18-26-28(2)24(30)22-14-7-4-8-15-22/h3-18H,1-2H3/b25-17+,26-18+. The Balaban J connectivity index is 1.65. The lowest BCUT2D eigenvalue weighted by molar-refractivity contribution is 0.559. The third-order valence-electron chi connectivity index (χ3n) is 4.30. The predicted molar refractivity (Wildman–Crippen MR) is 133 cm³/mol. The molecule has 0 fully saturated rings. The Bertz CT molecular complexity index is 980. The molecule has 0 N–H and O–H groups in total. The summed E-state index contributed by atoms with van der Waals surface area (Å²) in [6.45, 7) is 0. The van der Waals surface area contributed by atoms with Gasteiger partial charge in [0.15, 0.2) is 0 Å². The van der Waals surface area contributed by atoms with Crippen LogP contribution in [0.25, 0.3) is 0 Å². The molecule has 0 saturated heterocycles. The van der Waals surface area contributed by atoms with Crippen molar-refractivity contribution < 1.29 is 0 Å². The molecule has 0 aliphatic rings. The molecular formula is C24H22N4S2. The van der Waals surface area contributed by atoms with E-state index >= 15 is 0 Å². The van der Waals surface area contributed by atoms with E-state index in [2.05, 4.69) is 10.2 Å². The molecule has 0 spiro atoms. The molecule has 0 aromatic heterocycles. The molecular weight excluding hydrogens is 408 g/mol. The topological polar surface area (TPSA) is 31.2 Å². The zero-order chi connectivity index (χ0) is 21.3. The lowest BCUT2D eigenvalue weighted by Crippen LogP contribution is -2.20. The van der Waals surface area contributed by atoms with Gasteiger partial charge in [0, 0.05) is 25.2 Å². The molecule has 0 aliphatic carbocycles. The summed E-state index contributed by atoms with van der Waals surface area (Å²) < 4.78 is 0. The summed E-state index contributed by atoms with van der Waals surface area (Å²) in [6, 6.07) is 27.6. The third kappa shape index (κ3) is 5.89. The number of rotatable bonds is 6. The number of hydrogen-bond donors (Lipinski definition) is 0. The van der Waals surface area contributed by atoms with Gasteiger partial charge in [-0.25, -0.2) is 0 Å². The Kier molecular flexibility index (Phi) is 7.54. The number of nitrogens with zero attached hydrogens (tertiary/aromatic N) is 4. The minimum absolute atomic E-state index is 0.667. The van der Waals surface area contributed by atoms with Crippen LogP contribution in [0.5, 0.6) is 0 Å². The summed E-state index contributed by atoms with van der Waals surface area (Å²) in [6.07, 6.45) is 3.57. The Hall–Kier alpha value is -3.22. The Morgan fingerprint density at radius 1 is 0.633 bits per heavy atom. The number of thiocarbonyl (C=S) groups is 2. The fraction of sp³-hybridized carbons (Fsp3) is 0.0833. The highest BCUT2D eigenvalue weighted by atomic mass is 32.1. The predicted octanol–water partition coefficient (Wildman–Crippen LogP) is 4.97. The summed E-state index contributed by atoms with van der Waals surface area (Å²) in [5.41, 5.74) is 3.83. The van der Waals surface area contributed by atoms with E-state index in [1.165, 1.54) is 0 Å². The number of hydrogen-bond acceptors (Lipinski definition) is 4. The maximum atomic E-state index is 5.49. The van der Waals surface area contributed by atoms with E-state index in [-0.39, 0.29) is 0 Å². The monoisotopic (exact) mass is 430 g/mol. The molecule has 0 heterocycles. The molecule has 3 aromatic carbocycles. The van der Waals surface area contributed by atoms with Crippen LogP contribution in [0.2, 0.25) is 0 Å². The van der Waals surface area contributed by atoms with Crippen molar-refractivity contribution in [3.63, 3.8) is 0 Å². The van der Waals surface area contributed by atoms with E-state index in [0.717, 1.165) is 22.3 Å². The lowest BCUT2D eigenvalue weighted by atomic mass is 10.1. The molecule has 3 rings (SSSR count). The van der Waals surface area contributed by atoms with E-state index in [1.807, 2.05) is 99.0 Å². The molecule has 30 heavy (non-hydrogen) atoms. The van der Waals surface area contributed by atoms with Crippen LogP contribution in [-0.2, 0) is 0 Å². The van der Waals surface area contributed by atoms with E-state index in [4.69, 9.17) is 24.4 Å². The summed E-state index contributed by atoms with van der Waals surface area (Å²) in [4.78, 5) is 1.33. The zero-order valence-corrected chi connectivity index (χ0v) is 18.5. The first-order valence-electron chi connectivity index (χ1n) is 9.39. The summed E-state index contributed by atoms with van der Waals surface area (Å²) >= 11 is 11.0. The zero-order valence-electron chi connectivity index (χ0n) is 16.8. The fourth-order valence-corrected chi connectivity index (χ4v) is 3.03. The molecule has 0 unspecified atom stereocenters. The van der Waals surface area contributed by atoms with E-state index in [9.17, 15) is 0 Å². The van der Waals surface area contributed by atoms with Crippen LogP contribution >= 0.6 is 24.4 Å². The van der Waals surface area contributed by atoms with Crippen LogP contribution in [0.4, 0.5) is 0 Å².